The van der Waals surface area contributed by atoms with E-state index < -0.39 is 12.0 Å². The number of rotatable bonds is 1. The van der Waals surface area contributed by atoms with Gasteiger partial charge in [-0.25, -0.2) is 8.78 Å². The number of hydrogen-bond donors (Lipinski definition) is 0. The van der Waals surface area contributed by atoms with Crippen LogP contribution in [0.2, 0.25) is 0 Å². The molecule has 0 amide bonds. The minimum Gasteiger partial charge on any atom is -0.441 e. The van der Waals surface area contributed by atoms with Crippen molar-refractivity contribution in [2.45, 2.75) is 6.17 Å². The summed E-state index contributed by atoms with van der Waals surface area (Å²) >= 11 is 0. The van der Waals surface area contributed by atoms with Gasteiger partial charge in [-0.05, 0) is 0 Å². The van der Waals surface area contributed by atoms with Gasteiger partial charge in [0, 0.05) is 27.8 Å². The Kier molecular flexibility index (Phi) is 3.72. The molecule has 1 unspecified atom stereocenters. The van der Waals surface area contributed by atoms with Crippen LogP contribution in [0.3, 0.4) is 0 Å². The Bertz CT molecular complexity index is 343. The van der Waals surface area contributed by atoms with Crippen molar-refractivity contribution in [2.24, 2.45) is 0 Å². The van der Waals surface area contributed by atoms with E-state index in [1.807, 2.05) is 0 Å². The molecule has 1 aromatic rings. The molecule has 1 atom stereocenters. The van der Waals surface area contributed by atoms with Crippen LogP contribution in [0.25, 0.3) is 0 Å². The van der Waals surface area contributed by atoms with Crippen LogP contribution in [0.15, 0.2) is 48.6 Å². The molecule has 0 N–H and O–H groups in total. The van der Waals surface area contributed by atoms with E-state index in [2.05, 4.69) is 0 Å². The molecule has 0 radical (unpaired) electrons. The van der Waals surface area contributed by atoms with E-state index in [1.165, 1.54) is 22.8 Å². The molecule has 1 nitrogen and oxygen atoms in total. The Hall–Kier alpha value is -0.796. The Morgan fingerprint density at radius 1 is 1.29 bits per heavy atom. The maximum Gasteiger partial charge on any atom is 0.127 e. The van der Waals surface area contributed by atoms with Gasteiger partial charge in [0.05, 0.1) is 5.83 Å². The molecular formula is C10H8F2NTi-. The molecule has 1 aliphatic carbocycles. The third-order valence-corrected chi connectivity index (χ3v) is 1.91. The van der Waals surface area contributed by atoms with Crippen LogP contribution in [0.1, 0.15) is 0 Å². The van der Waals surface area contributed by atoms with Crippen molar-refractivity contribution in [2.75, 3.05) is 0 Å². The summed E-state index contributed by atoms with van der Waals surface area (Å²) in [4.78, 5) is 0. The fourth-order valence-electron chi connectivity index (χ4n) is 1.31. The van der Waals surface area contributed by atoms with Crippen molar-refractivity contribution >= 4 is 0 Å². The van der Waals surface area contributed by atoms with Gasteiger partial charge < -0.3 is 4.57 Å². The van der Waals surface area contributed by atoms with Crippen LogP contribution < -0.4 is 0 Å². The molecule has 4 heteroatoms. The van der Waals surface area contributed by atoms with Crippen LogP contribution >= 0.6 is 0 Å². The smallest absolute Gasteiger partial charge is 0.127 e. The van der Waals surface area contributed by atoms with Crippen molar-refractivity contribution in [1.29, 1.82) is 0 Å². The molecule has 0 aromatic carbocycles. The van der Waals surface area contributed by atoms with Gasteiger partial charge in [-0.3, -0.25) is 0 Å². The predicted octanol–water partition coefficient (Wildman–Crippen LogP) is 2.63. The van der Waals surface area contributed by atoms with Crippen molar-refractivity contribution < 1.29 is 30.5 Å². The van der Waals surface area contributed by atoms with Gasteiger partial charge in [-0.1, -0.05) is 36.7 Å². The minimum absolute atomic E-state index is 0. The molecule has 0 spiro atoms. The number of allylic oxidation sites excluding steroid dienone is 4. The minimum atomic E-state index is -1.36. The maximum absolute atomic E-state index is 13.2. The second-order valence-corrected chi connectivity index (χ2v) is 2.78. The fraction of sp³-hybridized carbons (Fsp3) is 0.100. The summed E-state index contributed by atoms with van der Waals surface area (Å²) < 4.78 is 27.9. The number of aromatic nitrogens is 1. The summed E-state index contributed by atoms with van der Waals surface area (Å²) in [5.74, 6) is -0.522. The Balaban J connectivity index is 0.000000980. The van der Waals surface area contributed by atoms with Crippen molar-refractivity contribution in [3.8, 4) is 0 Å². The van der Waals surface area contributed by atoms with Gasteiger partial charge in [0.15, 0.2) is 0 Å². The van der Waals surface area contributed by atoms with E-state index in [0.29, 0.717) is 0 Å². The first-order valence-electron chi connectivity index (χ1n) is 3.97. The van der Waals surface area contributed by atoms with Crippen molar-refractivity contribution in [3.63, 3.8) is 0 Å². The Morgan fingerprint density at radius 2 is 1.93 bits per heavy atom. The third kappa shape index (κ3) is 1.99. The van der Waals surface area contributed by atoms with Crippen LogP contribution in [0.4, 0.5) is 8.78 Å². The molecule has 1 heterocycles. The topological polar surface area (TPSA) is 4.93 Å². The van der Waals surface area contributed by atoms with Gasteiger partial charge >= 0.3 is 0 Å². The first-order chi connectivity index (χ1) is 6.29. The molecule has 1 aliphatic rings. The Morgan fingerprint density at radius 3 is 2.50 bits per heavy atom. The third-order valence-electron chi connectivity index (χ3n) is 1.91. The maximum atomic E-state index is 13.2. The second kappa shape index (κ2) is 4.62. The molecular weight excluding hydrogens is 220 g/mol. The van der Waals surface area contributed by atoms with Gasteiger partial charge in [0.2, 0.25) is 0 Å². The molecule has 0 aliphatic heterocycles. The molecule has 2 rings (SSSR count). The summed E-state index contributed by atoms with van der Waals surface area (Å²) in [7, 11) is 0. The summed E-state index contributed by atoms with van der Waals surface area (Å²) in [6.45, 7) is 0. The monoisotopic (exact) mass is 228 g/mol. The fourth-order valence-corrected chi connectivity index (χ4v) is 1.31. The zero-order valence-corrected chi connectivity index (χ0v) is 8.88. The molecule has 0 saturated carbocycles. The van der Waals surface area contributed by atoms with E-state index in [0.717, 1.165) is 0 Å². The van der Waals surface area contributed by atoms with E-state index in [1.54, 1.807) is 24.5 Å². The number of hydrogen-bond acceptors (Lipinski definition) is 0. The average molecular weight is 228 g/mol. The van der Waals surface area contributed by atoms with Crippen LogP contribution in [0.5, 0.6) is 0 Å². The molecule has 0 saturated heterocycles. The Labute approximate surface area is 96.0 Å². The summed E-state index contributed by atoms with van der Waals surface area (Å²) in [5, 5.41) is 0. The summed E-state index contributed by atoms with van der Waals surface area (Å²) in [5.41, 5.74) is 0. The first kappa shape index (κ1) is 11.3. The van der Waals surface area contributed by atoms with Crippen LogP contribution in [-0.2, 0) is 21.7 Å². The molecule has 1 aromatic heterocycles. The quantitative estimate of drug-likeness (QED) is 0.514. The standard InChI is InChI=1S/C10H8F2N.Ti/c11-8-4-3-5-9(12)10(8)13-6-1-2-7-13;/h1-8H;/q-1;. The van der Waals surface area contributed by atoms with Crippen molar-refractivity contribution in [3.05, 3.63) is 54.6 Å². The van der Waals surface area contributed by atoms with Crippen molar-refractivity contribution in [1.82, 2.24) is 4.57 Å². The van der Waals surface area contributed by atoms with E-state index in [-0.39, 0.29) is 27.8 Å². The summed E-state index contributed by atoms with van der Waals surface area (Å²) in [6.07, 6.45) is 5.83. The molecule has 0 bridgehead atoms. The van der Waals surface area contributed by atoms with Crippen LogP contribution in [-0.4, -0.2) is 10.7 Å². The largest absolute Gasteiger partial charge is 0.441 e. The molecule has 72 valence electrons. The van der Waals surface area contributed by atoms with E-state index in [4.69, 9.17) is 0 Å². The van der Waals surface area contributed by atoms with Gasteiger partial charge in [0.1, 0.15) is 6.17 Å². The van der Waals surface area contributed by atoms with Gasteiger partial charge in [-0.2, -0.15) is 0 Å². The zero-order chi connectivity index (χ0) is 9.26. The average Bonchev–Trinajstić information content (AvgIpc) is 2.57. The summed E-state index contributed by atoms with van der Waals surface area (Å²) in [6, 6.07) is 3.50. The normalized spacial score (nSPS) is 20.3. The number of alkyl halides is 1. The number of nitrogens with zero attached hydrogens (tertiary/aromatic N) is 1. The molecule has 0 fully saturated rings. The number of halogens is 2. The SMILES string of the molecule is FC1=CC=CC(F)[C-]1n1cccc1.[Ti]. The van der Waals surface area contributed by atoms with Crippen LogP contribution in [0, 0.1) is 6.04 Å². The van der Waals surface area contributed by atoms with Gasteiger partial charge in [0.25, 0.3) is 0 Å². The van der Waals surface area contributed by atoms with Gasteiger partial charge in [-0.15, -0.1) is 6.08 Å². The molecule has 14 heavy (non-hydrogen) atoms. The second-order valence-electron chi connectivity index (χ2n) is 2.78. The van der Waals surface area contributed by atoms with E-state index >= 15 is 0 Å². The first-order valence-corrected chi connectivity index (χ1v) is 3.97. The van der Waals surface area contributed by atoms with E-state index in [9.17, 15) is 8.78 Å². The predicted molar refractivity (Wildman–Crippen MR) is 46.3 cm³/mol. The zero-order valence-electron chi connectivity index (χ0n) is 7.32.